The third-order valence-electron chi connectivity index (χ3n) is 2.31. The number of carbonyl (C=O) groups excluding carboxylic acids is 1. The van der Waals surface area contributed by atoms with Crippen molar-refractivity contribution in [2.45, 2.75) is 0 Å². The number of rotatable bonds is 2. The SMILES string of the molecule is CN(C(=O)c1cccs1)c1ccc(Cl)cc1I. The number of carbonyl (C=O) groups is 1. The smallest absolute Gasteiger partial charge is 0.268 e. The van der Waals surface area contributed by atoms with Gasteiger partial charge in [0.15, 0.2) is 0 Å². The molecule has 0 saturated heterocycles. The van der Waals surface area contributed by atoms with Gasteiger partial charge < -0.3 is 4.90 Å². The number of hydrogen-bond donors (Lipinski definition) is 0. The van der Waals surface area contributed by atoms with E-state index in [1.807, 2.05) is 29.6 Å². The monoisotopic (exact) mass is 377 g/mol. The van der Waals surface area contributed by atoms with E-state index in [0.29, 0.717) is 5.02 Å². The van der Waals surface area contributed by atoms with E-state index in [2.05, 4.69) is 22.6 Å². The lowest BCUT2D eigenvalue weighted by Crippen LogP contribution is -2.26. The number of anilines is 1. The van der Waals surface area contributed by atoms with E-state index in [-0.39, 0.29) is 5.91 Å². The van der Waals surface area contributed by atoms with Gasteiger partial charge in [0.1, 0.15) is 0 Å². The van der Waals surface area contributed by atoms with Gasteiger partial charge in [0.05, 0.1) is 10.6 Å². The van der Waals surface area contributed by atoms with Crippen LogP contribution in [0, 0.1) is 3.57 Å². The zero-order chi connectivity index (χ0) is 12.4. The molecule has 0 fully saturated rings. The first-order chi connectivity index (χ1) is 8.09. The van der Waals surface area contributed by atoms with Crippen LogP contribution in [0.3, 0.4) is 0 Å². The maximum Gasteiger partial charge on any atom is 0.268 e. The first kappa shape index (κ1) is 12.9. The van der Waals surface area contributed by atoms with Gasteiger partial charge in [-0.3, -0.25) is 4.79 Å². The Hall–Kier alpha value is -0.590. The topological polar surface area (TPSA) is 20.3 Å². The van der Waals surface area contributed by atoms with Crippen molar-refractivity contribution in [3.63, 3.8) is 0 Å². The van der Waals surface area contributed by atoms with Gasteiger partial charge in [0.25, 0.3) is 5.91 Å². The van der Waals surface area contributed by atoms with Crippen molar-refractivity contribution in [3.05, 3.63) is 49.2 Å². The molecule has 0 atom stereocenters. The summed E-state index contributed by atoms with van der Waals surface area (Å²) in [6.45, 7) is 0. The summed E-state index contributed by atoms with van der Waals surface area (Å²) in [6.07, 6.45) is 0. The highest BCUT2D eigenvalue weighted by Gasteiger charge is 2.16. The summed E-state index contributed by atoms with van der Waals surface area (Å²) < 4.78 is 0.961. The van der Waals surface area contributed by atoms with Crippen LogP contribution in [-0.2, 0) is 0 Å². The fourth-order valence-electron chi connectivity index (χ4n) is 1.43. The molecule has 0 saturated carbocycles. The molecule has 2 nitrogen and oxygen atoms in total. The molecular weight excluding hydrogens is 369 g/mol. The zero-order valence-electron chi connectivity index (χ0n) is 8.98. The van der Waals surface area contributed by atoms with Gasteiger partial charge in [0, 0.05) is 15.6 Å². The Labute approximate surface area is 122 Å². The molecule has 1 amide bonds. The van der Waals surface area contributed by atoms with Gasteiger partial charge >= 0.3 is 0 Å². The summed E-state index contributed by atoms with van der Waals surface area (Å²) in [6, 6.07) is 9.19. The van der Waals surface area contributed by atoms with Gasteiger partial charge in [-0.1, -0.05) is 17.7 Å². The zero-order valence-corrected chi connectivity index (χ0v) is 12.7. The van der Waals surface area contributed by atoms with Crippen molar-refractivity contribution >= 4 is 57.1 Å². The van der Waals surface area contributed by atoms with Crippen molar-refractivity contribution in [1.82, 2.24) is 0 Å². The van der Waals surface area contributed by atoms with E-state index >= 15 is 0 Å². The fraction of sp³-hybridized carbons (Fsp3) is 0.0833. The van der Waals surface area contributed by atoms with Gasteiger partial charge in [-0.25, -0.2) is 0 Å². The second-order valence-electron chi connectivity index (χ2n) is 3.44. The third kappa shape index (κ3) is 2.81. The number of amides is 1. The minimum atomic E-state index is 0.000221. The largest absolute Gasteiger partial charge is 0.310 e. The second-order valence-corrected chi connectivity index (χ2v) is 5.98. The molecule has 0 unspecified atom stereocenters. The fourth-order valence-corrected chi connectivity index (χ4v) is 3.36. The van der Waals surface area contributed by atoms with Crippen LogP contribution in [0.1, 0.15) is 9.67 Å². The molecule has 0 aliphatic heterocycles. The normalized spacial score (nSPS) is 10.3. The Bertz CT molecular complexity index is 541. The molecule has 0 radical (unpaired) electrons. The molecule has 2 aromatic rings. The highest BCUT2D eigenvalue weighted by molar-refractivity contribution is 14.1. The van der Waals surface area contributed by atoms with Crippen LogP contribution in [0.15, 0.2) is 35.7 Å². The van der Waals surface area contributed by atoms with E-state index in [1.54, 1.807) is 18.0 Å². The summed E-state index contributed by atoms with van der Waals surface area (Å²) in [5.41, 5.74) is 0.869. The number of nitrogens with zero attached hydrogens (tertiary/aromatic N) is 1. The minimum absolute atomic E-state index is 0.000221. The summed E-state index contributed by atoms with van der Waals surface area (Å²) in [5, 5.41) is 2.57. The van der Waals surface area contributed by atoms with Gasteiger partial charge in [0.2, 0.25) is 0 Å². The van der Waals surface area contributed by atoms with Crippen molar-refractivity contribution in [1.29, 1.82) is 0 Å². The van der Waals surface area contributed by atoms with Gasteiger partial charge in [-0.15, -0.1) is 11.3 Å². The molecule has 17 heavy (non-hydrogen) atoms. The predicted molar refractivity (Wildman–Crippen MR) is 81.2 cm³/mol. The van der Waals surface area contributed by atoms with Crippen molar-refractivity contribution < 1.29 is 4.79 Å². The van der Waals surface area contributed by atoms with Crippen LogP contribution < -0.4 is 4.90 Å². The van der Waals surface area contributed by atoms with Gasteiger partial charge in [-0.2, -0.15) is 0 Å². The molecule has 5 heteroatoms. The minimum Gasteiger partial charge on any atom is -0.310 e. The molecule has 2 rings (SSSR count). The average Bonchev–Trinajstić information content (AvgIpc) is 2.80. The van der Waals surface area contributed by atoms with Crippen molar-refractivity contribution in [3.8, 4) is 0 Å². The van der Waals surface area contributed by atoms with Gasteiger partial charge in [-0.05, 0) is 52.2 Å². The molecule has 1 heterocycles. The van der Waals surface area contributed by atoms with Crippen LogP contribution in [-0.4, -0.2) is 13.0 Å². The number of benzene rings is 1. The Morgan fingerprint density at radius 1 is 1.41 bits per heavy atom. The lowest BCUT2D eigenvalue weighted by Gasteiger charge is -2.18. The molecular formula is C12H9ClINOS. The molecule has 1 aromatic carbocycles. The van der Waals surface area contributed by atoms with Crippen molar-refractivity contribution in [2.24, 2.45) is 0 Å². The number of thiophene rings is 1. The number of halogens is 2. The molecule has 0 N–H and O–H groups in total. The molecule has 0 aliphatic rings. The Kier molecular flexibility index (Phi) is 4.06. The van der Waals surface area contributed by atoms with Crippen LogP contribution in [0.25, 0.3) is 0 Å². The van der Waals surface area contributed by atoms with E-state index in [4.69, 9.17) is 11.6 Å². The van der Waals surface area contributed by atoms with Crippen LogP contribution in [0.5, 0.6) is 0 Å². The molecule has 0 spiro atoms. The summed E-state index contributed by atoms with van der Waals surface area (Å²) in [4.78, 5) is 14.5. The first-order valence-electron chi connectivity index (χ1n) is 4.86. The average molecular weight is 378 g/mol. The first-order valence-corrected chi connectivity index (χ1v) is 7.20. The second kappa shape index (κ2) is 5.37. The number of hydrogen-bond acceptors (Lipinski definition) is 2. The molecule has 1 aromatic heterocycles. The third-order valence-corrected chi connectivity index (χ3v) is 4.26. The summed E-state index contributed by atoms with van der Waals surface area (Å²) in [5.74, 6) is 0.000221. The summed E-state index contributed by atoms with van der Waals surface area (Å²) in [7, 11) is 1.77. The maximum atomic E-state index is 12.1. The standard InChI is InChI=1S/C12H9ClINOS/c1-15(12(16)11-3-2-6-17-11)10-5-4-8(13)7-9(10)14/h2-7H,1H3. The lowest BCUT2D eigenvalue weighted by atomic mass is 10.3. The molecule has 0 aliphatic carbocycles. The van der Waals surface area contributed by atoms with E-state index < -0.39 is 0 Å². The van der Waals surface area contributed by atoms with Crippen molar-refractivity contribution in [2.75, 3.05) is 11.9 Å². The highest BCUT2D eigenvalue weighted by Crippen LogP contribution is 2.26. The highest BCUT2D eigenvalue weighted by atomic mass is 127. The van der Waals surface area contributed by atoms with Crippen LogP contribution >= 0.6 is 45.5 Å². The lowest BCUT2D eigenvalue weighted by molar-refractivity contribution is 0.0996. The van der Waals surface area contributed by atoms with Crippen LogP contribution in [0.4, 0.5) is 5.69 Å². The van der Waals surface area contributed by atoms with E-state index in [9.17, 15) is 4.79 Å². The van der Waals surface area contributed by atoms with Crippen LogP contribution in [0.2, 0.25) is 5.02 Å². The summed E-state index contributed by atoms with van der Waals surface area (Å²) >= 11 is 9.52. The van der Waals surface area contributed by atoms with E-state index in [0.717, 1.165) is 14.1 Å². The Morgan fingerprint density at radius 3 is 2.76 bits per heavy atom. The van der Waals surface area contributed by atoms with E-state index in [1.165, 1.54) is 11.3 Å². The quantitative estimate of drug-likeness (QED) is 0.715. The maximum absolute atomic E-state index is 12.1. The molecule has 0 bridgehead atoms. The molecule has 88 valence electrons. The predicted octanol–water partition coefficient (Wildman–Crippen LogP) is 4.28. The Balaban J connectivity index is 2.31. The Morgan fingerprint density at radius 2 is 2.18 bits per heavy atom.